The lowest BCUT2D eigenvalue weighted by Crippen LogP contribution is -2.37. The van der Waals surface area contributed by atoms with Gasteiger partial charge in [0, 0.05) is 18.3 Å². The van der Waals surface area contributed by atoms with Crippen LogP contribution in [0.4, 0.5) is 22.0 Å². The van der Waals surface area contributed by atoms with Crippen molar-refractivity contribution in [2.45, 2.75) is 44.4 Å². The molecular formula is C23H21F5N2O4. The Hall–Kier alpha value is -3.42. The van der Waals surface area contributed by atoms with Gasteiger partial charge in [-0.2, -0.15) is 18.4 Å². The fourth-order valence-electron chi connectivity index (χ4n) is 4.12. The Bertz CT molecular complexity index is 1130. The molecule has 1 aromatic carbocycles. The molecule has 0 radical (unpaired) electrons. The molecule has 0 amide bonds. The molecule has 0 spiro atoms. The van der Waals surface area contributed by atoms with E-state index in [0.29, 0.717) is 25.0 Å². The van der Waals surface area contributed by atoms with Crippen LogP contribution in [-0.4, -0.2) is 43.8 Å². The number of alkyl halides is 4. The lowest BCUT2D eigenvalue weighted by Gasteiger charge is -2.37. The summed E-state index contributed by atoms with van der Waals surface area (Å²) >= 11 is 0. The van der Waals surface area contributed by atoms with Crippen LogP contribution in [0.25, 0.3) is 0 Å². The Balaban J connectivity index is 2.41. The summed E-state index contributed by atoms with van der Waals surface area (Å²) < 4.78 is 81.8. The van der Waals surface area contributed by atoms with E-state index in [0.717, 1.165) is 18.4 Å². The third-order valence-corrected chi connectivity index (χ3v) is 6.15. The first kappa shape index (κ1) is 25.2. The van der Waals surface area contributed by atoms with E-state index in [1.165, 1.54) is 20.0 Å². The largest absolute Gasteiger partial charge is 0.466 e. The number of methoxy groups -OCH3 is 1. The van der Waals surface area contributed by atoms with Crippen molar-refractivity contribution in [2.75, 3.05) is 20.8 Å². The highest BCUT2D eigenvalue weighted by molar-refractivity contribution is 6.00. The topological polar surface area (TPSA) is 79.6 Å². The van der Waals surface area contributed by atoms with Gasteiger partial charge in [0.25, 0.3) is 0 Å². The number of benzene rings is 1. The number of hydrogen-bond donors (Lipinski definition) is 0. The molecule has 0 saturated heterocycles. The van der Waals surface area contributed by atoms with Crippen molar-refractivity contribution in [3.05, 3.63) is 57.2 Å². The van der Waals surface area contributed by atoms with Gasteiger partial charge in [0.05, 0.1) is 47.1 Å². The van der Waals surface area contributed by atoms with E-state index in [9.17, 15) is 32.4 Å². The van der Waals surface area contributed by atoms with Crippen molar-refractivity contribution in [3.63, 3.8) is 0 Å². The zero-order valence-electron chi connectivity index (χ0n) is 18.6. The molecule has 1 atom stereocenters. The first-order valence-corrected chi connectivity index (χ1v) is 10.3. The van der Waals surface area contributed by atoms with Gasteiger partial charge < -0.3 is 14.4 Å². The summed E-state index contributed by atoms with van der Waals surface area (Å²) in [6.45, 7) is 0.00797. The average molecular weight is 484 g/mol. The molecule has 6 nitrogen and oxygen atoms in total. The number of halogens is 5. The predicted octanol–water partition coefficient (Wildman–Crippen LogP) is 4.51. The summed E-state index contributed by atoms with van der Waals surface area (Å²) in [5.41, 5.74) is -5.30. The SMILES string of the molecule is COC(=O)C1=C(CF)N(C)C(C)=C(C(=O)OC2CCC2)C1c1c(F)ccc(C#N)c1C(F)(F)F. The van der Waals surface area contributed by atoms with E-state index < -0.39 is 76.2 Å². The lowest BCUT2D eigenvalue weighted by atomic mass is 9.76. The smallest absolute Gasteiger partial charge is 0.418 e. The Morgan fingerprint density at radius 2 is 1.85 bits per heavy atom. The number of carbonyl (C=O) groups is 2. The van der Waals surface area contributed by atoms with Gasteiger partial charge in [0.15, 0.2) is 0 Å². The van der Waals surface area contributed by atoms with E-state index in [1.807, 2.05) is 0 Å². The summed E-state index contributed by atoms with van der Waals surface area (Å²) in [5, 5.41) is 9.29. The van der Waals surface area contributed by atoms with Gasteiger partial charge in [0.2, 0.25) is 0 Å². The van der Waals surface area contributed by atoms with Gasteiger partial charge in [-0.05, 0) is 38.3 Å². The van der Waals surface area contributed by atoms with E-state index in [-0.39, 0.29) is 5.70 Å². The summed E-state index contributed by atoms with van der Waals surface area (Å²) in [5.74, 6) is -5.76. The zero-order valence-corrected chi connectivity index (χ0v) is 18.6. The van der Waals surface area contributed by atoms with Crippen LogP contribution >= 0.6 is 0 Å². The number of nitriles is 1. The minimum atomic E-state index is -5.24. The van der Waals surface area contributed by atoms with Gasteiger partial charge in [-0.3, -0.25) is 0 Å². The molecule has 1 fully saturated rings. The van der Waals surface area contributed by atoms with E-state index >= 15 is 4.39 Å². The molecule has 0 aromatic heterocycles. The second-order valence-corrected chi connectivity index (χ2v) is 7.93. The molecule has 1 aliphatic heterocycles. The molecule has 3 rings (SSSR count). The highest BCUT2D eigenvalue weighted by atomic mass is 19.4. The van der Waals surface area contributed by atoms with Crippen LogP contribution in [0.1, 0.15) is 48.8 Å². The van der Waals surface area contributed by atoms with Crippen LogP contribution in [-0.2, 0) is 25.2 Å². The molecule has 11 heteroatoms. The molecule has 1 heterocycles. The third-order valence-electron chi connectivity index (χ3n) is 6.15. The van der Waals surface area contributed by atoms with Crippen molar-refractivity contribution in [1.82, 2.24) is 4.90 Å². The minimum Gasteiger partial charge on any atom is -0.466 e. The second-order valence-electron chi connectivity index (χ2n) is 7.93. The Morgan fingerprint density at radius 3 is 2.32 bits per heavy atom. The van der Waals surface area contributed by atoms with Crippen LogP contribution in [0.15, 0.2) is 34.7 Å². The van der Waals surface area contributed by atoms with Gasteiger partial charge in [0.1, 0.15) is 18.6 Å². The first-order valence-electron chi connectivity index (χ1n) is 10.3. The zero-order chi connectivity index (χ0) is 25.4. The molecule has 2 aliphatic rings. The van der Waals surface area contributed by atoms with Gasteiger partial charge in [-0.15, -0.1) is 0 Å². The second kappa shape index (κ2) is 9.44. The number of rotatable bonds is 5. The number of ether oxygens (including phenoxy) is 2. The van der Waals surface area contributed by atoms with Crippen LogP contribution < -0.4 is 0 Å². The summed E-state index contributed by atoms with van der Waals surface area (Å²) in [7, 11) is 2.24. The molecule has 0 bridgehead atoms. The fraction of sp³-hybridized carbons (Fsp3) is 0.435. The number of allylic oxidation sites excluding steroid dienone is 2. The molecule has 0 N–H and O–H groups in total. The van der Waals surface area contributed by atoms with Crippen LogP contribution in [0.5, 0.6) is 0 Å². The Morgan fingerprint density at radius 1 is 1.21 bits per heavy atom. The molecule has 1 aliphatic carbocycles. The van der Waals surface area contributed by atoms with Gasteiger partial charge in [-0.1, -0.05) is 0 Å². The lowest BCUT2D eigenvalue weighted by molar-refractivity contribution is -0.149. The molecule has 1 aromatic rings. The van der Waals surface area contributed by atoms with Crippen molar-refractivity contribution < 1.29 is 41.0 Å². The predicted molar refractivity (Wildman–Crippen MR) is 108 cm³/mol. The van der Waals surface area contributed by atoms with Crippen molar-refractivity contribution in [2.24, 2.45) is 0 Å². The monoisotopic (exact) mass is 484 g/mol. The number of nitrogens with zero attached hydrogens (tertiary/aromatic N) is 2. The average Bonchev–Trinajstić information content (AvgIpc) is 2.76. The van der Waals surface area contributed by atoms with E-state index in [1.54, 1.807) is 0 Å². The van der Waals surface area contributed by atoms with Gasteiger partial charge in [-0.25, -0.2) is 18.4 Å². The fourth-order valence-corrected chi connectivity index (χ4v) is 4.12. The summed E-state index contributed by atoms with van der Waals surface area (Å²) in [6.07, 6.45) is -3.85. The van der Waals surface area contributed by atoms with E-state index in [2.05, 4.69) is 4.74 Å². The maximum Gasteiger partial charge on any atom is 0.418 e. The highest BCUT2D eigenvalue weighted by Crippen LogP contribution is 2.48. The van der Waals surface area contributed by atoms with Crippen LogP contribution in [0, 0.1) is 17.1 Å². The Labute approximate surface area is 192 Å². The minimum absolute atomic E-state index is 0.0236. The van der Waals surface area contributed by atoms with Crippen molar-refractivity contribution in [3.8, 4) is 6.07 Å². The van der Waals surface area contributed by atoms with Crippen LogP contribution in [0.2, 0.25) is 0 Å². The number of esters is 2. The normalized spacial score (nSPS) is 19.0. The first-order chi connectivity index (χ1) is 16.0. The maximum atomic E-state index is 15.2. The van der Waals surface area contributed by atoms with Gasteiger partial charge >= 0.3 is 18.1 Å². The molecule has 1 saturated carbocycles. The Kier molecular flexibility index (Phi) is 7.00. The summed E-state index contributed by atoms with van der Waals surface area (Å²) in [4.78, 5) is 27.0. The number of hydrogen-bond acceptors (Lipinski definition) is 6. The molecule has 182 valence electrons. The van der Waals surface area contributed by atoms with E-state index in [4.69, 9.17) is 4.74 Å². The highest BCUT2D eigenvalue weighted by Gasteiger charge is 2.48. The standard InChI is InChI=1S/C23H21F5N2O4/c1-11-16(22(32)34-13-5-4-6-13)19(18(21(31)33-3)15(9-24)30(11)2)17-14(25)8-7-12(10-29)20(17)23(26,27)28/h7-8,13,19H,4-6,9H2,1-3H3. The van der Waals surface area contributed by atoms with Crippen LogP contribution in [0.3, 0.4) is 0 Å². The van der Waals surface area contributed by atoms with Crippen molar-refractivity contribution >= 4 is 11.9 Å². The number of carbonyl (C=O) groups excluding carboxylic acids is 2. The van der Waals surface area contributed by atoms with Crippen molar-refractivity contribution in [1.29, 1.82) is 5.26 Å². The summed E-state index contributed by atoms with van der Waals surface area (Å²) in [6, 6.07) is 2.66. The molecule has 34 heavy (non-hydrogen) atoms. The third kappa shape index (κ3) is 4.24. The molecular weight excluding hydrogens is 463 g/mol. The maximum absolute atomic E-state index is 15.2. The molecule has 1 unspecified atom stereocenters. The quantitative estimate of drug-likeness (QED) is 0.452.